The Kier molecular flexibility index (Phi) is 3.94. The minimum absolute atomic E-state index is 0.244. The SMILES string of the molecule is Cn1c(=O)c2cc(NC(=O)c3ccc(Cl)cc3)cnc2n(C)c1=O. The molecule has 0 fully saturated rings. The second-order valence-corrected chi connectivity index (χ2v) is 5.70. The van der Waals surface area contributed by atoms with E-state index in [4.69, 9.17) is 11.6 Å². The van der Waals surface area contributed by atoms with Crippen molar-refractivity contribution >= 4 is 34.2 Å². The molecule has 0 aliphatic heterocycles. The highest BCUT2D eigenvalue weighted by Crippen LogP contribution is 2.14. The molecular weight excluding hydrogens is 332 g/mol. The van der Waals surface area contributed by atoms with Crippen LogP contribution in [-0.4, -0.2) is 20.0 Å². The molecule has 0 aliphatic rings. The van der Waals surface area contributed by atoms with Gasteiger partial charge in [0.1, 0.15) is 5.65 Å². The zero-order valence-corrected chi connectivity index (χ0v) is 13.7. The van der Waals surface area contributed by atoms with Gasteiger partial charge in [-0.2, -0.15) is 0 Å². The standard InChI is InChI=1S/C16H13ClN4O3/c1-20-13-12(15(23)21(2)16(20)24)7-11(8-18-13)19-14(22)9-3-5-10(17)6-4-9/h3-8H,1-2H3,(H,19,22). The van der Waals surface area contributed by atoms with Gasteiger partial charge < -0.3 is 5.32 Å². The molecule has 3 aromatic rings. The molecule has 0 aliphatic carbocycles. The van der Waals surface area contributed by atoms with Crippen LogP contribution in [0.4, 0.5) is 5.69 Å². The molecule has 3 rings (SSSR count). The number of benzene rings is 1. The number of carbonyl (C=O) groups is 1. The van der Waals surface area contributed by atoms with Crippen LogP contribution >= 0.6 is 11.6 Å². The average molecular weight is 345 g/mol. The van der Waals surface area contributed by atoms with E-state index in [1.807, 2.05) is 0 Å². The first-order valence-corrected chi connectivity index (χ1v) is 7.39. The molecule has 0 saturated carbocycles. The minimum atomic E-state index is -0.469. The van der Waals surface area contributed by atoms with Crippen molar-refractivity contribution in [1.29, 1.82) is 0 Å². The fourth-order valence-corrected chi connectivity index (χ4v) is 2.46. The van der Waals surface area contributed by atoms with Crippen LogP contribution in [0.2, 0.25) is 5.02 Å². The monoisotopic (exact) mass is 344 g/mol. The first-order chi connectivity index (χ1) is 11.4. The molecule has 2 aromatic heterocycles. The number of nitrogens with zero attached hydrogens (tertiary/aromatic N) is 3. The van der Waals surface area contributed by atoms with Gasteiger partial charge in [0.2, 0.25) is 0 Å². The lowest BCUT2D eigenvalue weighted by Gasteiger charge is -2.09. The van der Waals surface area contributed by atoms with Crippen molar-refractivity contribution in [2.75, 3.05) is 5.32 Å². The lowest BCUT2D eigenvalue weighted by Crippen LogP contribution is -2.37. The van der Waals surface area contributed by atoms with E-state index in [9.17, 15) is 14.4 Å². The molecule has 8 heteroatoms. The number of fused-ring (bicyclic) bond motifs is 1. The van der Waals surface area contributed by atoms with Gasteiger partial charge in [-0.3, -0.25) is 18.7 Å². The summed E-state index contributed by atoms with van der Waals surface area (Å²) in [7, 11) is 2.92. The highest BCUT2D eigenvalue weighted by atomic mass is 35.5. The number of hydrogen-bond acceptors (Lipinski definition) is 4. The smallest absolute Gasteiger partial charge is 0.321 e. The Hall–Kier alpha value is -2.93. The second-order valence-electron chi connectivity index (χ2n) is 5.26. The van der Waals surface area contributed by atoms with Gasteiger partial charge in [-0.05, 0) is 30.3 Å². The van der Waals surface area contributed by atoms with Crippen LogP contribution in [0, 0.1) is 0 Å². The van der Waals surface area contributed by atoms with Crippen LogP contribution in [-0.2, 0) is 14.1 Å². The van der Waals surface area contributed by atoms with Gasteiger partial charge in [0.25, 0.3) is 11.5 Å². The maximum atomic E-state index is 12.2. The van der Waals surface area contributed by atoms with E-state index in [-0.39, 0.29) is 16.9 Å². The van der Waals surface area contributed by atoms with E-state index >= 15 is 0 Å². The number of anilines is 1. The molecule has 2 heterocycles. The molecule has 0 radical (unpaired) electrons. The van der Waals surface area contributed by atoms with E-state index in [0.717, 1.165) is 4.57 Å². The van der Waals surface area contributed by atoms with Crippen molar-refractivity contribution in [3.63, 3.8) is 0 Å². The van der Waals surface area contributed by atoms with Gasteiger partial charge in [0.05, 0.1) is 17.3 Å². The summed E-state index contributed by atoms with van der Waals surface area (Å²) in [5.74, 6) is -0.352. The number of halogens is 1. The van der Waals surface area contributed by atoms with Crippen LogP contribution < -0.4 is 16.6 Å². The van der Waals surface area contributed by atoms with E-state index in [1.54, 1.807) is 24.3 Å². The van der Waals surface area contributed by atoms with Crippen molar-refractivity contribution in [3.8, 4) is 0 Å². The average Bonchev–Trinajstić information content (AvgIpc) is 2.58. The topological polar surface area (TPSA) is 86.0 Å². The minimum Gasteiger partial charge on any atom is -0.321 e. The lowest BCUT2D eigenvalue weighted by atomic mass is 10.2. The van der Waals surface area contributed by atoms with Gasteiger partial charge in [-0.1, -0.05) is 11.6 Å². The van der Waals surface area contributed by atoms with Crippen LogP contribution in [0.3, 0.4) is 0 Å². The van der Waals surface area contributed by atoms with Gasteiger partial charge in [0, 0.05) is 24.7 Å². The molecule has 0 unspecified atom stereocenters. The fourth-order valence-electron chi connectivity index (χ4n) is 2.34. The van der Waals surface area contributed by atoms with E-state index in [0.29, 0.717) is 16.3 Å². The molecular formula is C16H13ClN4O3. The highest BCUT2D eigenvalue weighted by molar-refractivity contribution is 6.30. The zero-order valence-electron chi connectivity index (χ0n) is 12.9. The molecule has 7 nitrogen and oxygen atoms in total. The molecule has 0 bridgehead atoms. The Balaban J connectivity index is 2.02. The third kappa shape index (κ3) is 2.69. The van der Waals surface area contributed by atoms with Crippen LogP contribution in [0.15, 0.2) is 46.1 Å². The van der Waals surface area contributed by atoms with Gasteiger partial charge in [-0.25, -0.2) is 9.78 Å². The highest BCUT2D eigenvalue weighted by Gasteiger charge is 2.12. The quantitative estimate of drug-likeness (QED) is 0.764. The third-order valence-corrected chi connectivity index (χ3v) is 3.91. The number of rotatable bonds is 2. The van der Waals surface area contributed by atoms with E-state index < -0.39 is 11.2 Å². The summed E-state index contributed by atoms with van der Waals surface area (Å²) < 4.78 is 2.27. The zero-order chi connectivity index (χ0) is 17.4. The molecule has 122 valence electrons. The second kappa shape index (κ2) is 5.93. The molecule has 1 amide bonds. The summed E-state index contributed by atoms with van der Waals surface area (Å²) in [5, 5.41) is 3.45. The molecule has 0 atom stereocenters. The summed E-state index contributed by atoms with van der Waals surface area (Å²) in [4.78, 5) is 40.4. The number of aromatic nitrogens is 3. The summed E-state index contributed by atoms with van der Waals surface area (Å²) in [6.07, 6.45) is 1.40. The normalized spacial score (nSPS) is 10.8. The lowest BCUT2D eigenvalue weighted by molar-refractivity contribution is 0.102. The number of aryl methyl sites for hydroxylation is 1. The number of nitrogens with one attached hydrogen (secondary N) is 1. The summed E-state index contributed by atoms with van der Waals surface area (Å²) in [5.41, 5.74) is 0.111. The van der Waals surface area contributed by atoms with Crippen molar-refractivity contribution in [3.05, 3.63) is 68.0 Å². The Bertz CT molecular complexity index is 1070. The number of hydrogen-bond donors (Lipinski definition) is 1. The Morgan fingerprint density at radius 1 is 1.12 bits per heavy atom. The molecule has 24 heavy (non-hydrogen) atoms. The number of amides is 1. The Morgan fingerprint density at radius 2 is 1.79 bits per heavy atom. The number of pyridine rings is 1. The first-order valence-electron chi connectivity index (χ1n) is 7.01. The Morgan fingerprint density at radius 3 is 2.46 bits per heavy atom. The molecule has 1 aromatic carbocycles. The fraction of sp³-hybridized carbons (Fsp3) is 0.125. The Labute approximate surface area is 141 Å². The number of carbonyl (C=O) groups excluding carboxylic acids is 1. The molecule has 0 saturated heterocycles. The largest absolute Gasteiger partial charge is 0.332 e. The van der Waals surface area contributed by atoms with Crippen molar-refractivity contribution in [2.24, 2.45) is 14.1 Å². The maximum Gasteiger partial charge on any atom is 0.332 e. The molecule has 1 N–H and O–H groups in total. The van der Waals surface area contributed by atoms with Gasteiger partial charge in [0.15, 0.2) is 0 Å². The summed E-state index contributed by atoms with van der Waals surface area (Å²) in [6.45, 7) is 0. The summed E-state index contributed by atoms with van der Waals surface area (Å²) >= 11 is 5.80. The first kappa shape index (κ1) is 15.9. The van der Waals surface area contributed by atoms with E-state index in [1.165, 1.54) is 30.9 Å². The third-order valence-electron chi connectivity index (χ3n) is 3.66. The van der Waals surface area contributed by atoms with Crippen LogP contribution in [0.5, 0.6) is 0 Å². The summed E-state index contributed by atoms with van der Waals surface area (Å²) in [6, 6.07) is 7.91. The van der Waals surface area contributed by atoms with Crippen molar-refractivity contribution in [2.45, 2.75) is 0 Å². The van der Waals surface area contributed by atoms with E-state index in [2.05, 4.69) is 10.3 Å². The predicted octanol–water partition coefficient (Wildman–Crippen LogP) is 1.54. The van der Waals surface area contributed by atoms with Crippen LogP contribution in [0.1, 0.15) is 10.4 Å². The molecule has 0 spiro atoms. The maximum absolute atomic E-state index is 12.2. The van der Waals surface area contributed by atoms with Crippen molar-refractivity contribution in [1.82, 2.24) is 14.1 Å². The predicted molar refractivity (Wildman–Crippen MR) is 91.6 cm³/mol. The van der Waals surface area contributed by atoms with Gasteiger partial charge >= 0.3 is 5.69 Å². The van der Waals surface area contributed by atoms with Gasteiger partial charge in [-0.15, -0.1) is 0 Å². The van der Waals surface area contributed by atoms with Crippen molar-refractivity contribution < 1.29 is 4.79 Å². The van der Waals surface area contributed by atoms with Crippen LogP contribution in [0.25, 0.3) is 11.0 Å².